The van der Waals surface area contributed by atoms with E-state index in [4.69, 9.17) is 9.52 Å². The zero-order valence-corrected chi connectivity index (χ0v) is 13.2. The fourth-order valence-corrected chi connectivity index (χ4v) is 1.81. The van der Waals surface area contributed by atoms with Gasteiger partial charge in [0.05, 0.1) is 6.26 Å². The number of nitrogens with one attached hydrogen (secondary N) is 2. The molecule has 7 nitrogen and oxygen atoms in total. The van der Waals surface area contributed by atoms with Gasteiger partial charge >= 0.3 is 5.97 Å². The first kappa shape index (κ1) is 17.9. The van der Waals surface area contributed by atoms with E-state index in [2.05, 4.69) is 10.6 Å². The Bertz CT molecular complexity index is 797. The van der Waals surface area contributed by atoms with Gasteiger partial charge in [-0.05, 0) is 42.8 Å². The van der Waals surface area contributed by atoms with Crippen molar-refractivity contribution < 1.29 is 28.3 Å². The molecule has 8 heteroatoms. The normalized spacial score (nSPS) is 12.3. The van der Waals surface area contributed by atoms with Crippen molar-refractivity contribution in [3.8, 4) is 0 Å². The molecular weight excluding hydrogens is 331 g/mol. The van der Waals surface area contributed by atoms with Gasteiger partial charge in [-0.15, -0.1) is 0 Å². The Morgan fingerprint density at radius 1 is 1.20 bits per heavy atom. The molecule has 1 heterocycles. The molecule has 1 aromatic carbocycles. The highest BCUT2D eigenvalue weighted by Gasteiger charge is 2.20. The minimum Gasteiger partial charge on any atom is -0.480 e. The van der Waals surface area contributed by atoms with E-state index in [-0.39, 0.29) is 11.5 Å². The van der Waals surface area contributed by atoms with E-state index >= 15 is 0 Å². The largest absolute Gasteiger partial charge is 0.480 e. The lowest BCUT2D eigenvalue weighted by molar-refractivity contribution is -0.140. The van der Waals surface area contributed by atoms with Gasteiger partial charge in [0.2, 0.25) is 0 Å². The van der Waals surface area contributed by atoms with E-state index < -0.39 is 29.6 Å². The lowest BCUT2D eigenvalue weighted by Gasteiger charge is -2.13. The highest BCUT2D eigenvalue weighted by atomic mass is 19.1. The molecule has 0 fully saturated rings. The third kappa shape index (κ3) is 5.03. The summed E-state index contributed by atoms with van der Waals surface area (Å²) in [6, 6.07) is 6.94. The van der Waals surface area contributed by atoms with Crippen LogP contribution >= 0.6 is 0 Å². The van der Waals surface area contributed by atoms with Gasteiger partial charge in [-0.1, -0.05) is 12.1 Å². The first-order chi connectivity index (χ1) is 11.9. The van der Waals surface area contributed by atoms with E-state index in [0.29, 0.717) is 5.56 Å². The highest BCUT2D eigenvalue weighted by molar-refractivity contribution is 6.05. The molecule has 0 aliphatic heterocycles. The van der Waals surface area contributed by atoms with Crippen LogP contribution in [0.3, 0.4) is 0 Å². The summed E-state index contributed by atoms with van der Waals surface area (Å²) in [5.74, 6) is -3.20. The summed E-state index contributed by atoms with van der Waals surface area (Å²) in [7, 11) is 0. The lowest BCUT2D eigenvalue weighted by atomic mass is 10.1. The number of carboxylic acids is 1. The molecule has 0 radical (unpaired) electrons. The van der Waals surface area contributed by atoms with Crippen LogP contribution in [0.25, 0.3) is 6.08 Å². The molecule has 1 atom stereocenters. The quantitative estimate of drug-likeness (QED) is 0.691. The van der Waals surface area contributed by atoms with Gasteiger partial charge in [-0.25, -0.2) is 4.39 Å². The topological polar surface area (TPSA) is 109 Å². The fraction of sp³-hybridized carbons (Fsp3) is 0.118. The first-order valence-corrected chi connectivity index (χ1v) is 7.22. The second-order valence-corrected chi connectivity index (χ2v) is 5.07. The van der Waals surface area contributed by atoms with Crippen molar-refractivity contribution in [1.29, 1.82) is 0 Å². The number of aliphatic carboxylic acids is 1. The van der Waals surface area contributed by atoms with Crippen LogP contribution in [-0.2, 0) is 9.59 Å². The lowest BCUT2D eigenvalue weighted by Crippen LogP contribution is -2.42. The summed E-state index contributed by atoms with van der Waals surface area (Å²) in [5.41, 5.74) is 0.232. The monoisotopic (exact) mass is 346 g/mol. The molecule has 2 rings (SSSR count). The SMILES string of the molecule is C[C@H](NC(=O)/C(=C\c1ccc(F)cc1)NC(=O)c1ccco1)C(=O)O. The van der Waals surface area contributed by atoms with Gasteiger partial charge in [0, 0.05) is 0 Å². The highest BCUT2D eigenvalue weighted by Crippen LogP contribution is 2.09. The van der Waals surface area contributed by atoms with Crippen molar-refractivity contribution >= 4 is 23.9 Å². The van der Waals surface area contributed by atoms with Crippen LogP contribution in [0, 0.1) is 5.82 Å². The standard InChI is InChI=1S/C17H15FN2O5/c1-10(17(23)24)19-15(21)13(9-11-4-6-12(18)7-5-11)20-16(22)14-3-2-8-25-14/h2-10H,1H3,(H,19,21)(H,20,22)(H,23,24)/b13-9+/t10-/m0/s1. The molecule has 2 amide bonds. The summed E-state index contributed by atoms with van der Waals surface area (Å²) >= 11 is 0. The Hall–Kier alpha value is -3.42. The van der Waals surface area contributed by atoms with Crippen molar-refractivity contribution in [2.24, 2.45) is 0 Å². The minimum absolute atomic E-state index is 0.0240. The Labute approximate surface area is 142 Å². The van der Waals surface area contributed by atoms with Crippen molar-refractivity contribution in [3.05, 3.63) is 65.5 Å². The molecule has 0 bridgehead atoms. The molecule has 3 N–H and O–H groups in total. The Balaban J connectivity index is 2.26. The molecular formula is C17H15FN2O5. The molecule has 25 heavy (non-hydrogen) atoms. The maximum absolute atomic E-state index is 13.0. The third-order valence-corrected chi connectivity index (χ3v) is 3.14. The maximum Gasteiger partial charge on any atom is 0.325 e. The molecule has 0 spiro atoms. The summed E-state index contributed by atoms with van der Waals surface area (Å²) < 4.78 is 17.9. The van der Waals surface area contributed by atoms with Gasteiger partial charge < -0.3 is 20.2 Å². The molecule has 0 aliphatic carbocycles. The van der Waals surface area contributed by atoms with Crippen molar-refractivity contribution in [2.75, 3.05) is 0 Å². The molecule has 1 aromatic heterocycles. The van der Waals surface area contributed by atoms with Crippen LogP contribution < -0.4 is 10.6 Å². The van der Waals surface area contributed by atoms with E-state index in [0.717, 1.165) is 0 Å². The van der Waals surface area contributed by atoms with Gasteiger partial charge in [0.15, 0.2) is 5.76 Å². The molecule has 0 saturated heterocycles. The first-order valence-electron chi connectivity index (χ1n) is 7.22. The number of carbonyl (C=O) groups excluding carboxylic acids is 2. The van der Waals surface area contributed by atoms with Gasteiger partial charge in [0.1, 0.15) is 17.6 Å². The number of carboxylic acid groups (broad SMARTS) is 1. The number of benzene rings is 1. The number of furan rings is 1. The van der Waals surface area contributed by atoms with Gasteiger partial charge in [-0.2, -0.15) is 0 Å². The van der Waals surface area contributed by atoms with Crippen LogP contribution in [0.5, 0.6) is 0 Å². The predicted octanol–water partition coefficient (Wildman–Crippen LogP) is 1.78. The maximum atomic E-state index is 13.0. The Kier molecular flexibility index (Phi) is 5.67. The number of carbonyl (C=O) groups is 3. The molecule has 2 aromatic rings. The summed E-state index contributed by atoms with van der Waals surface area (Å²) in [6.45, 7) is 1.28. The van der Waals surface area contributed by atoms with Crippen molar-refractivity contribution in [3.63, 3.8) is 0 Å². The molecule has 0 saturated carbocycles. The van der Waals surface area contributed by atoms with Gasteiger partial charge in [0.25, 0.3) is 11.8 Å². The van der Waals surface area contributed by atoms with Crippen LogP contribution in [0.1, 0.15) is 23.0 Å². The Morgan fingerprint density at radius 3 is 2.44 bits per heavy atom. The van der Waals surface area contributed by atoms with E-state index in [1.54, 1.807) is 0 Å². The van der Waals surface area contributed by atoms with Gasteiger partial charge in [-0.3, -0.25) is 14.4 Å². The van der Waals surface area contributed by atoms with Crippen LogP contribution in [0.15, 0.2) is 52.8 Å². The number of hydrogen-bond donors (Lipinski definition) is 3. The average Bonchev–Trinajstić information content (AvgIpc) is 3.10. The van der Waals surface area contributed by atoms with Crippen molar-refractivity contribution in [2.45, 2.75) is 13.0 Å². The molecule has 130 valence electrons. The smallest absolute Gasteiger partial charge is 0.325 e. The summed E-state index contributed by atoms with van der Waals surface area (Å²) in [6.07, 6.45) is 2.59. The number of hydrogen-bond acceptors (Lipinski definition) is 4. The van der Waals surface area contributed by atoms with Crippen molar-refractivity contribution in [1.82, 2.24) is 10.6 Å². The number of halogens is 1. The molecule has 0 unspecified atom stereocenters. The predicted molar refractivity (Wildman–Crippen MR) is 85.8 cm³/mol. The number of amides is 2. The summed E-state index contributed by atoms with van der Waals surface area (Å²) in [4.78, 5) is 35.2. The Morgan fingerprint density at radius 2 is 1.88 bits per heavy atom. The second kappa shape index (κ2) is 7.91. The van der Waals surface area contributed by atoms with E-state index in [1.807, 2.05) is 0 Å². The van der Waals surface area contributed by atoms with E-state index in [1.165, 1.54) is 55.7 Å². The van der Waals surface area contributed by atoms with Crippen LogP contribution in [0.4, 0.5) is 4.39 Å². The zero-order chi connectivity index (χ0) is 18.4. The van der Waals surface area contributed by atoms with Crippen LogP contribution in [-0.4, -0.2) is 28.9 Å². The zero-order valence-electron chi connectivity index (χ0n) is 13.2. The van der Waals surface area contributed by atoms with E-state index in [9.17, 15) is 18.8 Å². The van der Waals surface area contributed by atoms with Crippen LogP contribution in [0.2, 0.25) is 0 Å². The molecule has 0 aliphatic rings. The average molecular weight is 346 g/mol. The second-order valence-electron chi connectivity index (χ2n) is 5.07. The third-order valence-electron chi connectivity index (χ3n) is 3.14. The minimum atomic E-state index is -1.23. The fourth-order valence-electron chi connectivity index (χ4n) is 1.81. The summed E-state index contributed by atoms with van der Waals surface area (Å²) in [5, 5.41) is 13.5. The number of rotatable bonds is 6.